The van der Waals surface area contributed by atoms with Crippen LogP contribution in [-0.2, 0) is 14.1 Å². The lowest BCUT2D eigenvalue weighted by Gasteiger charge is -2.19. The third-order valence-corrected chi connectivity index (χ3v) is 3.21. The summed E-state index contributed by atoms with van der Waals surface area (Å²) in [6, 6.07) is 4.44. The number of benzene rings is 1. The molecule has 0 aliphatic rings. The van der Waals surface area contributed by atoms with Crippen molar-refractivity contribution in [2.75, 3.05) is 7.11 Å². The number of para-hydroxylation sites is 1. The molecule has 0 saturated heterocycles. The van der Waals surface area contributed by atoms with E-state index in [-0.39, 0.29) is 5.75 Å². The van der Waals surface area contributed by atoms with E-state index in [0.29, 0.717) is 0 Å². The Kier molecular flexibility index (Phi) is 4.84. The molecule has 0 fully saturated rings. The molecule has 8 heteroatoms. The summed E-state index contributed by atoms with van der Waals surface area (Å²) >= 11 is 0. The zero-order valence-electron chi connectivity index (χ0n) is 9.92. The van der Waals surface area contributed by atoms with Crippen LogP contribution in [0.5, 0.6) is 5.75 Å². The Morgan fingerprint density at radius 1 is 1.50 bits per heavy atom. The van der Waals surface area contributed by atoms with Crippen molar-refractivity contribution in [3.63, 3.8) is 0 Å². The maximum absolute atomic E-state index is 13.3. The van der Waals surface area contributed by atoms with E-state index in [1.165, 1.54) is 32.2 Å². The van der Waals surface area contributed by atoms with Gasteiger partial charge in [-0.05, 0) is 19.1 Å². The molecule has 1 aromatic rings. The fraction of sp³-hybridized carbons (Fsp3) is 0.300. The Labute approximate surface area is 104 Å². The second-order valence-corrected chi connectivity index (χ2v) is 5.13. The summed E-state index contributed by atoms with van der Waals surface area (Å²) in [6.45, 7) is 1.40. The maximum Gasteiger partial charge on any atom is 0.388 e. The number of halogens is 1. The predicted octanol–water partition coefficient (Wildman–Crippen LogP) is 1.42. The van der Waals surface area contributed by atoms with Crippen LogP contribution in [0.1, 0.15) is 6.92 Å². The fourth-order valence-corrected chi connectivity index (χ4v) is 2.33. The molecule has 3 N–H and O–H groups in total. The van der Waals surface area contributed by atoms with Gasteiger partial charge in [-0.25, -0.2) is 19.5 Å². The van der Waals surface area contributed by atoms with Gasteiger partial charge in [0.1, 0.15) is 6.04 Å². The molecule has 0 aliphatic heterocycles. The molecule has 0 aliphatic carbocycles. The van der Waals surface area contributed by atoms with Gasteiger partial charge in [0.2, 0.25) is 0 Å². The molecule has 0 heterocycles. The molecule has 0 radical (unpaired) electrons. The summed E-state index contributed by atoms with van der Waals surface area (Å²) in [5.41, 5.74) is 5.36. The van der Waals surface area contributed by atoms with Crippen molar-refractivity contribution in [1.82, 2.24) is 5.09 Å². The average Bonchev–Trinajstić information content (AvgIpc) is 2.30. The number of carbonyl (C=O) groups excluding carboxylic acids is 1. The first-order valence-electron chi connectivity index (χ1n) is 5.04. The molecule has 0 bridgehead atoms. The van der Waals surface area contributed by atoms with Crippen LogP contribution in [0.4, 0.5) is 4.39 Å². The third kappa shape index (κ3) is 4.10. The van der Waals surface area contributed by atoms with E-state index >= 15 is 0 Å². The highest BCUT2D eigenvalue weighted by molar-refractivity contribution is 7.54. The first-order chi connectivity index (χ1) is 8.35. The van der Waals surface area contributed by atoms with Crippen molar-refractivity contribution >= 4 is 13.6 Å². The third-order valence-electron chi connectivity index (χ3n) is 2.00. The molecule has 0 aromatic heterocycles. The Bertz CT molecular complexity index is 483. The van der Waals surface area contributed by atoms with Crippen molar-refractivity contribution < 1.29 is 23.0 Å². The maximum atomic E-state index is 13.3. The van der Waals surface area contributed by atoms with E-state index in [1.54, 1.807) is 0 Å². The van der Waals surface area contributed by atoms with E-state index < -0.39 is 25.5 Å². The summed E-state index contributed by atoms with van der Waals surface area (Å²) in [5, 5.41) is 2.25. The van der Waals surface area contributed by atoms with Crippen LogP contribution in [0.3, 0.4) is 0 Å². The van der Waals surface area contributed by atoms with Gasteiger partial charge in [-0.15, -0.1) is 0 Å². The number of nitrogens with one attached hydrogen (secondary N) is 1. The van der Waals surface area contributed by atoms with Crippen molar-refractivity contribution in [2.45, 2.75) is 13.0 Å². The van der Waals surface area contributed by atoms with E-state index in [2.05, 4.69) is 9.82 Å². The second-order valence-electron chi connectivity index (χ2n) is 3.49. The highest BCUT2D eigenvalue weighted by atomic mass is 31.2. The monoisotopic (exact) mass is 276 g/mol. The molecule has 1 unspecified atom stereocenters. The predicted molar refractivity (Wildman–Crippen MR) is 63.4 cm³/mol. The average molecular weight is 276 g/mol. The molecule has 2 atom stereocenters. The Balaban J connectivity index is 2.74. The zero-order valence-corrected chi connectivity index (χ0v) is 10.8. The lowest BCUT2D eigenvalue weighted by molar-refractivity contribution is -0.142. The van der Waals surface area contributed by atoms with E-state index in [9.17, 15) is 13.8 Å². The molecule has 0 saturated carbocycles. The van der Waals surface area contributed by atoms with Gasteiger partial charge in [-0.1, -0.05) is 12.1 Å². The second kappa shape index (κ2) is 5.95. The molecule has 18 heavy (non-hydrogen) atoms. The van der Waals surface area contributed by atoms with Gasteiger partial charge in [0.25, 0.3) is 0 Å². The van der Waals surface area contributed by atoms with Crippen LogP contribution in [-0.4, -0.2) is 19.1 Å². The van der Waals surface area contributed by atoms with Gasteiger partial charge in [0, 0.05) is 0 Å². The summed E-state index contributed by atoms with van der Waals surface area (Å²) in [7, 11) is -2.68. The smallest absolute Gasteiger partial charge is 0.388 e. The van der Waals surface area contributed by atoms with E-state index in [4.69, 9.17) is 10.0 Å². The van der Waals surface area contributed by atoms with Crippen molar-refractivity contribution in [3.8, 4) is 5.75 Å². The van der Waals surface area contributed by atoms with E-state index in [0.717, 1.165) is 6.07 Å². The summed E-state index contributed by atoms with van der Waals surface area (Å²) in [4.78, 5) is 11.1. The highest BCUT2D eigenvalue weighted by Crippen LogP contribution is 2.36. The van der Waals surface area contributed by atoms with Crippen molar-refractivity contribution in [3.05, 3.63) is 30.1 Å². The minimum Gasteiger partial charge on any atom is -0.468 e. The minimum atomic E-state index is -3.86. The van der Waals surface area contributed by atoms with Gasteiger partial charge in [-0.3, -0.25) is 4.79 Å². The van der Waals surface area contributed by atoms with Crippen LogP contribution in [0.2, 0.25) is 0 Å². The van der Waals surface area contributed by atoms with Crippen LogP contribution in [0, 0.1) is 5.82 Å². The normalized spacial score (nSPS) is 15.6. The van der Waals surface area contributed by atoms with Gasteiger partial charge in [-0.2, -0.15) is 0 Å². The first-order valence-corrected chi connectivity index (χ1v) is 6.73. The number of carbonyl (C=O) groups is 1. The molecular weight excluding hydrogens is 262 g/mol. The summed E-state index contributed by atoms with van der Waals surface area (Å²) in [5.74, 6) is -1.61. The Hall–Kier alpha value is -1.43. The van der Waals surface area contributed by atoms with Gasteiger partial charge in [0.15, 0.2) is 11.6 Å². The molecule has 0 spiro atoms. The molecule has 0 amide bonds. The summed E-state index contributed by atoms with van der Waals surface area (Å²) in [6.07, 6.45) is 0. The van der Waals surface area contributed by atoms with Crippen LogP contribution >= 0.6 is 7.67 Å². The van der Waals surface area contributed by atoms with Gasteiger partial charge < -0.3 is 9.26 Å². The molecule has 1 aromatic carbocycles. The minimum absolute atomic E-state index is 0.257. The zero-order chi connectivity index (χ0) is 13.8. The molecule has 6 nitrogen and oxygen atoms in total. The van der Waals surface area contributed by atoms with Gasteiger partial charge >= 0.3 is 13.6 Å². The van der Waals surface area contributed by atoms with Crippen LogP contribution in [0.15, 0.2) is 24.3 Å². The topological polar surface area (TPSA) is 90.6 Å². The number of hydrogen-bond donors (Lipinski definition) is 2. The number of hydrogen-bond acceptors (Lipinski definition) is 4. The quantitative estimate of drug-likeness (QED) is 0.624. The number of esters is 1. The number of ether oxygens (including phenoxy) is 1. The van der Waals surface area contributed by atoms with E-state index in [1.807, 2.05) is 0 Å². The molecule has 1 rings (SSSR count). The van der Waals surface area contributed by atoms with Crippen LogP contribution < -0.4 is 15.1 Å². The Morgan fingerprint density at radius 2 is 2.11 bits per heavy atom. The van der Waals surface area contributed by atoms with Crippen LogP contribution in [0.25, 0.3) is 0 Å². The SMILES string of the molecule is COC(=O)[C@H](C)NP(N)(=O)Oc1ccccc1F. The standard InChI is InChI=1S/C10H14FN2O4P/c1-7(10(14)16-2)13-18(12,15)17-9-6-4-3-5-8(9)11/h3-7H,1-2H3,(H3,12,13,15)/t7-,18?/m0/s1. The Morgan fingerprint density at radius 3 is 2.67 bits per heavy atom. The number of nitrogens with two attached hydrogens (primary N) is 1. The molecule has 100 valence electrons. The van der Waals surface area contributed by atoms with Crippen molar-refractivity contribution in [2.24, 2.45) is 5.50 Å². The largest absolute Gasteiger partial charge is 0.468 e. The fourth-order valence-electron chi connectivity index (χ4n) is 1.19. The number of rotatable bonds is 5. The molecular formula is C10H14FN2O4P. The van der Waals surface area contributed by atoms with Gasteiger partial charge in [0.05, 0.1) is 7.11 Å². The number of methoxy groups -OCH3 is 1. The summed E-state index contributed by atoms with van der Waals surface area (Å²) < 4.78 is 34.4. The highest BCUT2D eigenvalue weighted by Gasteiger charge is 2.26. The van der Waals surface area contributed by atoms with Crippen molar-refractivity contribution in [1.29, 1.82) is 0 Å². The lowest BCUT2D eigenvalue weighted by atomic mass is 10.3. The first kappa shape index (κ1) is 14.6. The lowest BCUT2D eigenvalue weighted by Crippen LogP contribution is -2.36.